The fourth-order valence-electron chi connectivity index (χ4n) is 4.64. The van der Waals surface area contributed by atoms with Gasteiger partial charge in [-0.2, -0.15) is 4.68 Å². The Balaban J connectivity index is 1.75. The van der Waals surface area contributed by atoms with Gasteiger partial charge in [-0.05, 0) is 50.2 Å². The molecule has 0 bridgehead atoms. The summed E-state index contributed by atoms with van der Waals surface area (Å²) >= 11 is 0. The van der Waals surface area contributed by atoms with Crippen molar-refractivity contribution in [2.45, 2.75) is 64.2 Å². The van der Waals surface area contributed by atoms with E-state index in [2.05, 4.69) is 36.8 Å². The molecule has 1 aliphatic rings. The van der Waals surface area contributed by atoms with E-state index >= 15 is 0 Å². The van der Waals surface area contributed by atoms with Crippen LogP contribution >= 0.6 is 0 Å². The number of hydrogen-bond acceptors (Lipinski definition) is 4. The highest BCUT2D eigenvalue weighted by atomic mass is 16.5. The maximum absolute atomic E-state index is 6.30. The van der Waals surface area contributed by atoms with Crippen LogP contribution in [0.3, 0.4) is 0 Å². The van der Waals surface area contributed by atoms with Gasteiger partial charge < -0.3 is 4.74 Å². The fraction of sp³-hybridized carbons (Fsp3) is 0.480. The molecule has 2 heterocycles. The maximum Gasteiger partial charge on any atom is 0.159 e. The Bertz CT molecular complexity index is 1000. The summed E-state index contributed by atoms with van der Waals surface area (Å²) in [5, 5.41) is 8.72. The molecule has 0 N–H and O–H groups in total. The number of rotatable bonds is 9. The minimum absolute atomic E-state index is 0.135. The normalized spacial score (nSPS) is 16.6. The number of ether oxygens (including phenoxy) is 1. The van der Waals surface area contributed by atoms with Crippen molar-refractivity contribution in [1.82, 2.24) is 20.0 Å². The number of para-hydroxylation sites is 1. The Morgan fingerprint density at radius 2 is 2.00 bits per heavy atom. The smallest absolute Gasteiger partial charge is 0.159 e. The SMILES string of the molecule is C=CCC(CC)COc1cc(-n2nnc3ccccc32)nc(C2(CC)CCCC2)c1. The molecule has 1 aliphatic carbocycles. The lowest BCUT2D eigenvalue weighted by molar-refractivity contribution is 0.244. The summed E-state index contributed by atoms with van der Waals surface area (Å²) < 4.78 is 8.14. The summed E-state index contributed by atoms with van der Waals surface area (Å²) in [5.41, 5.74) is 3.10. The minimum atomic E-state index is 0.135. The summed E-state index contributed by atoms with van der Waals surface area (Å²) in [6.07, 6.45) is 10.0. The standard InChI is InChI=1S/C25H32N4O/c1-4-11-19(5-2)18-30-20-16-23(25(6-3)14-9-10-15-25)26-24(17-20)29-22-13-8-7-12-21(22)27-28-29/h4,7-8,12-13,16-17,19H,1,5-6,9-11,14-15,18H2,2-3H3. The van der Waals surface area contributed by atoms with Crippen LogP contribution < -0.4 is 4.74 Å². The van der Waals surface area contributed by atoms with E-state index in [0.717, 1.165) is 47.6 Å². The second-order valence-electron chi connectivity index (χ2n) is 8.49. The van der Waals surface area contributed by atoms with Crippen LogP contribution in [0.2, 0.25) is 0 Å². The molecule has 30 heavy (non-hydrogen) atoms. The molecule has 158 valence electrons. The van der Waals surface area contributed by atoms with E-state index in [4.69, 9.17) is 9.72 Å². The molecule has 0 spiro atoms. The van der Waals surface area contributed by atoms with Crippen molar-refractivity contribution in [3.63, 3.8) is 0 Å². The monoisotopic (exact) mass is 404 g/mol. The first-order chi connectivity index (χ1) is 14.7. The molecule has 1 aromatic carbocycles. The third-order valence-corrected chi connectivity index (χ3v) is 6.70. The Hall–Kier alpha value is -2.69. The van der Waals surface area contributed by atoms with Gasteiger partial charge in [-0.1, -0.05) is 50.1 Å². The lowest BCUT2D eigenvalue weighted by Crippen LogP contribution is -2.23. The highest BCUT2D eigenvalue weighted by Crippen LogP contribution is 2.44. The van der Waals surface area contributed by atoms with E-state index in [0.29, 0.717) is 12.5 Å². The van der Waals surface area contributed by atoms with Crippen molar-refractivity contribution in [2.24, 2.45) is 5.92 Å². The molecule has 1 unspecified atom stereocenters. The molecule has 1 saturated carbocycles. The molecule has 1 atom stereocenters. The second-order valence-corrected chi connectivity index (χ2v) is 8.49. The zero-order chi connectivity index (χ0) is 21.0. The van der Waals surface area contributed by atoms with Gasteiger partial charge in [-0.15, -0.1) is 11.7 Å². The van der Waals surface area contributed by atoms with E-state index in [1.165, 1.54) is 25.7 Å². The maximum atomic E-state index is 6.30. The van der Waals surface area contributed by atoms with Crippen LogP contribution in [0.4, 0.5) is 0 Å². The highest BCUT2D eigenvalue weighted by Gasteiger charge is 2.36. The number of fused-ring (bicyclic) bond motifs is 1. The summed E-state index contributed by atoms with van der Waals surface area (Å²) in [7, 11) is 0. The molecule has 1 fully saturated rings. The first-order valence-electron chi connectivity index (χ1n) is 11.3. The Labute approximate surface area is 179 Å². The zero-order valence-corrected chi connectivity index (χ0v) is 18.2. The molecule has 2 aromatic heterocycles. The summed E-state index contributed by atoms with van der Waals surface area (Å²) in [4.78, 5) is 5.10. The van der Waals surface area contributed by atoms with Gasteiger partial charge in [-0.3, -0.25) is 0 Å². The molecule has 0 amide bonds. The molecule has 0 aliphatic heterocycles. The van der Waals surface area contributed by atoms with Crippen LogP contribution in [0.5, 0.6) is 5.75 Å². The lowest BCUT2D eigenvalue weighted by Gasteiger charge is -2.28. The third-order valence-electron chi connectivity index (χ3n) is 6.70. The molecule has 5 heteroatoms. The van der Waals surface area contributed by atoms with Gasteiger partial charge >= 0.3 is 0 Å². The van der Waals surface area contributed by atoms with E-state index in [-0.39, 0.29) is 5.41 Å². The number of pyridine rings is 1. The summed E-state index contributed by atoms with van der Waals surface area (Å²) in [6.45, 7) is 9.05. The van der Waals surface area contributed by atoms with E-state index < -0.39 is 0 Å². The number of benzene rings is 1. The Morgan fingerprint density at radius 1 is 1.20 bits per heavy atom. The van der Waals surface area contributed by atoms with Crippen LogP contribution in [0, 0.1) is 5.92 Å². The topological polar surface area (TPSA) is 52.8 Å². The van der Waals surface area contributed by atoms with Gasteiger partial charge in [-0.25, -0.2) is 4.98 Å². The molecule has 0 radical (unpaired) electrons. The van der Waals surface area contributed by atoms with Crippen molar-refractivity contribution in [3.8, 4) is 11.6 Å². The third kappa shape index (κ3) is 3.98. The number of aromatic nitrogens is 4. The summed E-state index contributed by atoms with van der Waals surface area (Å²) in [6, 6.07) is 12.2. The summed E-state index contributed by atoms with van der Waals surface area (Å²) in [5.74, 6) is 2.13. The zero-order valence-electron chi connectivity index (χ0n) is 18.2. The predicted octanol–water partition coefficient (Wildman–Crippen LogP) is 6.02. The largest absolute Gasteiger partial charge is 0.493 e. The minimum Gasteiger partial charge on any atom is -0.493 e. The fourth-order valence-corrected chi connectivity index (χ4v) is 4.64. The molecule has 4 rings (SSSR count). The van der Waals surface area contributed by atoms with Crippen LogP contribution in [0.25, 0.3) is 16.9 Å². The molecular weight excluding hydrogens is 372 g/mol. The van der Waals surface area contributed by atoms with Gasteiger partial charge in [0.2, 0.25) is 0 Å². The predicted molar refractivity (Wildman–Crippen MR) is 121 cm³/mol. The van der Waals surface area contributed by atoms with E-state index in [1.807, 2.05) is 41.1 Å². The van der Waals surface area contributed by atoms with Gasteiger partial charge in [0, 0.05) is 17.5 Å². The number of allylic oxidation sites excluding steroid dienone is 1. The van der Waals surface area contributed by atoms with Crippen molar-refractivity contribution < 1.29 is 4.74 Å². The molecule has 0 saturated heterocycles. The lowest BCUT2D eigenvalue weighted by atomic mass is 9.80. The first kappa shape index (κ1) is 20.6. The Morgan fingerprint density at radius 3 is 2.73 bits per heavy atom. The number of hydrogen-bond donors (Lipinski definition) is 0. The van der Waals surface area contributed by atoms with Crippen molar-refractivity contribution >= 4 is 11.0 Å². The van der Waals surface area contributed by atoms with Crippen LogP contribution in [-0.2, 0) is 5.41 Å². The van der Waals surface area contributed by atoms with Crippen LogP contribution in [0.1, 0.15) is 64.5 Å². The van der Waals surface area contributed by atoms with Crippen molar-refractivity contribution in [2.75, 3.05) is 6.61 Å². The average molecular weight is 405 g/mol. The molecule has 5 nitrogen and oxygen atoms in total. The van der Waals surface area contributed by atoms with Crippen molar-refractivity contribution in [3.05, 3.63) is 54.7 Å². The number of nitrogens with zero attached hydrogens (tertiary/aromatic N) is 4. The first-order valence-corrected chi connectivity index (χ1v) is 11.3. The average Bonchev–Trinajstić information content (AvgIpc) is 3.44. The van der Waals surface area contributed by atoms with Gasteiger partial charge in [0.05, 0.1) is 17.8 Å². The van der Waals surface area contributed by atoms with Crippen molar-refractivity contribution in [1.29, 1.82) is 0 Å². The van der Waals surface area contributed by atoms with Gasteiger partial charge in [0.15, 0.2) is 5.82 Å². The second kappa shape index (κ2) is 8.99. The van der Waals surface area contributed by atoms with E-state index in [9.17, 15) is 0 Å². The van der Waals surface area contributed by atoms with E-state index in [1.54, 1.807) is 0 Å². The van der Waals surface area contributed by atoms with Gasteiger partial charge in [0.1, 0.15) is 11.3 Å². The molecule has 3 aromatic rings. The van der Waals surface area contributed by atoms with Gasteiger partial charge in [0.25, 0.3) is 0 Å². The Kier molecular flexibility index (Phi) is 6.16. The molecular formula is C25H32N4O. The quantitative estimate of drug-likeness (QED) is 0.409. The van der Waals surface area contributed by atoms with Crippen LogP contribution in [0.15, 0.2) is 49.1 Å². The highest BCUT2D eigenvalue weighted by molar-refractivity contribution is 5.75. The van der Waals surface area contributed by atoms with Crippen LogP contribution in [-0.4, -0.2) is 26.6 Å².